The predicted octanol–water partition coefficient (Wildman–Crippen LogP) is 4.78. The highest BCUT2D eigenvalue weighted by molar-refractivity contribution is 7.73. The fourth-order valence-corrected chi connectivity index (χ4v) is 4.16. The number of hydrogen-bond acceptors (Lipinski definition) is 7. The van der Waals surface area contributed by atoms with Gasteiger partial charge in [0.15, 0.2) is 3.95 Å². The van der Waals surface area contributed by atoms with Crippen molar-refractivity contribution in [2.45, 2.75) is 12.7 Å². The summed E-state index contributed by atoms with van der Waals surface area (Å²) < 4.78 is 41.3. The Balaban J connectivity index is 1.70. The number of benzene rings is 2. The third-order valence-electron chi connectivity index (χ3n) is 4.33. The van der Waals surface area contributed by atoms with Gasteiger partial charge in [-0.3, -0.25) is 4.57 Å². The second-order valence-corrected chi connectivity index (χ2v) is 7.94. The van der Waals surface area contributed by atoms with Crippen LogP contribution < -0.4 is 10.4 Å². The minimum Gasteiger partial charge on any atom is -0.493 e. The van der Waals surface area contributed by atoms with Crippen LogP contribution in [0.1, 0.15) is 16.0 Å². The average Bonchev–Trinajstić information content (AvgIpc) is 3.33. The molecule has 0 unspecified atom stereocenters. The number of rotatable bonds is 3. The van der Waals surface area contributed by atoms with E-state index in [9.17, 15) is 18.3 Å². The van der Waals surface area contributed by atoms with E-state index in [1.807, 2.05) is 0 Å². The molecule has 0 spiro atoms. The van der Waals surface area contributed by atoms with Crippen LogP contribution in [0.15, 0.2) is 69.2 Å². The van der Waals surface area contributed by atoms with Gasteiger partial charge in [0, 0.05) is 5.22 Å². The van der Waals surface area contributed by atoms with Gasteiger partial charge in [0.25, 0.3) is 0 Å². The van der Waals surface area contributed by atoms with E-state index in [-0.39, 0.29) is 21.9 Å². The number of alkyl halides is 3. The number of halogens is 3. The molecule has 2 aromatic carbocycles. The molecule has 11 heteroatoms. The fraction of sp³-hybridized carbons (Fsp3) is 0.105. The summed E-state index contributed by atoms with van der Waals surface area (Å²) in [5, 5.41) is 26.5. The van der Waals surface area contributed by atoms with E-state index in [4.69, 9.17) is 12.2 Å². The van der Waals surface area contributed by atoms with Crippen molar-refractivity contribution in [3.05, 3.63) is 78.9 Å². The van der Waals surface area contributed by atoms with Crippen molar-refractivity contribution in [1.29, 1.82) is 0 Å². The van der Waals surface area contributed by atoms with Crippen molar-refractivity contribution < 1.29 is 18.3 Å². The molecule has 1 aliphatic heterocycles. The van der Waals surface area contributed by atoms with Crippen LogP contribution in [-0.2, 0) is 12.7 Å². The number of hydrogen-bond donors (Lipinski definition) is 1. The van der Waals surface area contributed by atoms with Gasteiger partial charge in [-0.05, 0) is 45.6 Å². The predicted molar refractivity (Wildman–Crippen MR) is 108 cm³/mol. The Bertz CT molecular complexity index is 1320. The molecule has 1 N–H and O–H groups in total. The molecule has 0 saturated heterocycles. The highest BCUT2D eigenvalue weighted by atomic mass is 32.1. The lowest BCUT2D eigenvalue weighted by atomic mass is 10.1. The van der Waals surface area contributed by atoms with Gasteiger partial charge >= 0.3 is 6.18 Å². The van der Waals surface area contributed by atoms with E-state index in [1.165, 1.54) is 22.8 Å². The quantitative estimate of drug-likeness (QED) is 0.587. The highest BCUT2D eigenvalue weighted by Gasteiger charge is 2.33. The first kappa shape index (κ1) is 20.1. The van der Waals surface area contributed by atoms with E-state index in [0.717, 1.165) is 27.8 Å². The summed E-state index contributed by atoms with van der Waals surface area (Å²) in [6.07, 6.45) is -2.79. The van der Waals surface area contributed by atoms with Gasteiger partial charge in [-0.15, -0.1) is 21.6 Å². The van der Waals surface area contributed by atoms with Crippen LogP contribution in [-0.4, -0.2) is 9.67 Å². The number of nitrogens with zero attached hydrogens (tertiary/aromatic N) is 5. The SMILES string of the molecule is Oc1c(C=c2ccc(=C3N=NN=N3)cc2)sc(=S)n1Cc1ccccc1C(F)(F)F. The van der Waals surface area contributed by atoms with Gasteiger partial charge in [0.05, 0.1) is 17.0 Å². The molecular weight excluding hydrogens is 435 g/mol. The maximum Gasteiger partial charge on any atom is 0.416 e. The van der Waals surface area contributed by atoms with Crippen LogP contribution >= 0.6 is 23.6 Å². The summed E-state index contributed by atoms with van der Waals surface area (Å²) in [7, 11) is 0. The molecule has 2 heterocycles. The highest BCUT2D eigenvalue weighted by Crippen LogP contribution is 2.34. The molecule has 6 nitrogen and oxygen atoms in total. The maximum absolute atomic E-state index is 13.3. The minimum atomic E-state index is -4.49. The van der Waals surface area contributed by atoms with Gasteiger partial charge in [0.1, 0.15) is 0 Å². The number of aromatic hydroxyl groups is 1. The summed E-state index contributed by atoms with van der Waals surface area (Å²) in [5.41, 5.74) is -0.723. The van der Waals surface area contributed by atoms with Gasteiger partial charge < -0.3 is 5.11 Å². The summed E-state index contributed by atoms with van der Waals surface area (Å²) in [4.78, 5) is 0.449. The first-order valence-corrected chi connectivity index (χ1v) is 9.77. The molecule has 0 atom stereocenters. The van der Waals surface area contributed by atoms with Crippen LogP contribution in [0, 0.1) is 3.95 Å². The lowest BCUT2D eigenvalue weighted by molar-refractivity contribution is -0.138. The van der Waals surface area contributed by atoms with Crippen molar-refractivity contribution in [3.63, 3.8) is 0 Å². The van der Waals surface area contributed by atoms with Crippen molar-refractivity contribution in [2.75, 3.05) is 0 Å². The molecule has 0 saturated carbocycles. The third kappa shape index (κ3) is 4.07. The molecule has 0 amide bonds. The molecule has 152 valence electrons. The van der Waals surface area contributed by atoms with Gasteiger partial charge in [-0.25, -0.2) is 0 Å². The molecule has 0 aliphatic carbocycles. The molecular formula is C19H12F3N5OS2. The molecule has 4 rings (SSSR count). The first-order chi connectivity index (χ1) is 14.3. The summed E-state index contributed by atoms with van der Waals surface area (Å²) >= 11 is 6.39. The zero-order valence-corrected chi connectivity index (χ0v) is 16.7. The summed E-state index contributed by atoms with van der Waals surface area (Å²) in [5.74, 6) is 0.216. The Morgan fingerprint density at radius 1 is 1.03 bits per heavy atom. The van der Waals surface area contributed by atoms with Crippen LogP contribution in [0.5, 0.6) is 5.88 Å². The van der Waals surface area contributed by atoms with Crippen LogP contribution in [0.3, 0.4) is 0 Å². The maximum atomic E-state index is 13.3. The van der Waals surface area contributed by atoms with Gasteiger partial charge in [0.2, 0.25) is 11.7 Å². The summed E-state index contributed by atoms with van der Waals surface area (Å²) in [6, 6.07) is 12.4. The van der Waals surface area contributed by atoms with Gasteiger partial charge in [-0.2, -0.15) is 13.2 Å². The molecule has 0 fully saturated rings. The van der Waals surface area contributed by atoms with Crippen LogP contribution in [0.25, 0.3) is 11.9 Å². The molecule has 30 heavy (non-hydrogen) atoms. The zero-order chi connectivity index (χ0) is 21.3. The molecule has 0 radical (unpaired) electrons. The lowest BCUT2D eigenvalue weighted by Gasteiger charge is -2.13. The molecule has 1 aromatic heterocycles. The molecule has 1 aliphatic rings. The number of aromatic nitrogens is 1. The van der Waals surface area contributed by atoms with E-state index in [2.05, 4.69) is 20.7 Å². The van der Waals surface area contributed by atoms with E-state index in [1.54, 1.807) is 30.3 Å². The first-order valence-electron chi connectivity index (χ1n) is 8.54. The monoisotopic (exact) mass is 447 g/mol. The summed E-state index contributed by atoms with van der Waals surface area (Å²) in [6.45, 7) is -0.183. The Morgan fingerprint density at radius 3 is 2.37 bits per heavy atom. The van der Waals surface area contributed by atoms with E-state index < -0.39 is 11.7 Å². The standard InChI is InChI=1S/C19H12F3N5OS2/c20-19(21,22)14-4-2-1-3-13(14)10-27-17(28)15(30-18(27)29)9-11-5-7-12(8-6-11)16-23-25-26-24-16/h1-9,28H,10H2. The fourth-order valence-electron chi connectivity index (χ4n) is 2.89. The van der Waals surface area contributed by atoms with Crippen molar-refractivity contribution >= 4 is 35.5 Å². The molecule has 3 aromatic rings. The zero-order valence-electron chi connectivity index (χ0n) is 15.0. The van der Waals surface area contributed by atoms with Crippen molar-refractivity contribution in [2.24, 2.45) is 20.7 Å². The Kier molecular flexibility index (Phi) is 5.31. The van der Waals surface area contributed by atoms with Crippen LogP contribution in [0.4, 0.5) is 13.2 Å². The van der Waals surface area contributed by atoms with Crippen molar-refractivity contribution in [1.82, 2.24) is 4.57 Å². The van der Waals surface area contributed by atoms with Gasteiger partial charge in [-0.1, -0.05) is 42.5 Å². The smallest absolute Gasteiger partial charge is 0.416 e. The lowest BCUT2D eigenvalue weighted by Crippen LogP contribution is -2.11. The van der Waals surface area contributed by atoms with Crippen LogP contribution in [0.2, 0.25) is 0 Å². The Labute approximate surface area is 176 Å². The third-order valence-corrected chi connectivity index (χ3v) is 5.72. The minimum absolute atomic E-state index is 0.0296. The largest absolute Gasteiger partial charge is 0.493 e. The Morgan fingerprint density at radius 2 is 1.70 bits per heavy atom. The normalized spacial score (nSPS) is 13.2. The van der Waals surface area contributed by atoms with E-state index >= 15 is 0 Å². The van der Waals surface area contributed by atoms with Crippen molar-refractivity contribution in [3.8, 4) is 5.88 Å². The number of thiazole rings is 1. The average molecular weight is 447 g/mol. The Hall–Kier alpha value is -3.18. The molecule has 0 bridgehead atoms. The second-order valence-electron chi connectivity index (χ2n) is 6.27. The van der Waals surface area contributed by atoms with E-state index in [0.29, 0.717) is 10.7 Å². The topological polar surface area (TPSA) is 74.6 Å². The second kappa shape index (κ2) is 7.92.